The number of rotatable bonds is 8. The zero-order chi connectivity index (χ0) is 53.8. The summed E-state index contributed by atoms with van der Waals surface area (Å²) in [4.78, 5) is 16.4. The SMILES string of the molecule is c1ccc(-c2ccc(-c3nc(-c4ccccc4)nc(-n4c5ccc(-n6c7ccccc7c7ccccc76)cc5c5ccc6c7cc(-n8c9ccccc9c9ccccc98)ccc7n(-c7ccc(-c8ccccc8)cc7)c6c54)n3)cc2)cc1. The van der Waals surface area contributed by atoms with Crippen molar-refractivity contribution in [1.82, 2.24) is 33.2 Å². The summed E-state index contributed by atoms with van der Waals surface area (Å²) >= 11 is 0. The minimum Gasteiger partial charge on any atom is -0.309 e. The summed E-state index contributed by atoms with van der Waals surface area (Å²) in [5.41, 5.74) is 18.3. The zero-order valence-electron chi connectivity index (χ0n) is 44.3. The summed E-state index contributed by atoms with van der Waals surface area (Å²) in [5, 5.41) is 9.28. The Balaban J connectivity index is 0.993. The molecule has 0 N–H and O–H groups in total. The average Bonchev–Trinajstić information content (AvgIpc) is 2.34. The molecule has 17 aromatic rings. The molecule has 5 heterocycles. The number of fused-ring (bicyclic) bond motifs is 13. The van der Waals surface area contributed by atoms with E-state index in [-0.39, 0.29) is 0 Å². The van der Waals surface area contributed by atoms with E-state index in [1.807, 2.05) is 24.3 Å². The first-order valence-corrected chi connectivity index (χ1v) is 27.8. The lowest BCUT2D eigenvalue weighted by molar-refractivity contribution is 0.953. The fourth-order valence-corrected chi connectivity index (χ4v) is 12.9. The predicted octanol–water partition coefficient (Wildman–Crippen LogP) is 18.9. The van der Waals surface area contributed by atoms with E-state index in [9.17, 15) is 0 Å². The molecule has 82 heavy (non-hydrogen) atoms. The number of nitrogens with zero attached hydrogens (tertiary/aromatic N) is 7. The zero-order valence-corrected chi connectivity index (χ0v) is 44.3. The summed E-state index contributed by atoms with van der Waals surface area (Å²) in [6.45, 7) is 0. The molecule has 0 saturated heterocycles. The van der Waals surface area contributed by atoms with E-state index >= 15 is 0 Å². The average molecular weight is 1050 g/mol. The Morgan fingerprint density at radius 2 is 0.512 bits per heavy atom. The monoisotopic (exact) mass is 1050 g/mol. The number of benzene rings is 12. The van der Waals surface area contributed by atoms with Gasteiger partial charge in [0, 0.05) is 71.3 Å². The molecule has 0 radical (unpaired) electrons. The van der Waals surface area contributed by atoms with Crippen molar-refractivity contribution in [2.75, 3.05) is 0 Å². The lowest BCUT2D eigenvalue weighted by Crippen LogP contribution is -2.07. The fraction of sp³-hybridized carbons (Fsp3) is 0. The lowest BCUT2D eigenvalue weighted by Gasteiger charge is -2.14. The van der Waals surface area contributed by atoms with Gasteiger partial charge in [-0.1, -0.05) is 212 Å². The van der Waals surface area contributed by atoms with E-state index in [1.165, 1.54) is 38.1 Å². The molecule has 0 spiro atoms. The van der Waals surface area contributed by atoms with Crippen LogP contribution in [-0.2, 0) is 0 Å². The van der Waals surface area contributed by atoms with Crippen LogP contribution in [0.2, 0.25) is 0 Å². The second-order valence-electron chi connectivity index (χ2n) is 21.2. The van der Waals surface area contributed by atoms with Crippen molar-refractivity contribution in [3.05, 3.63) is 285 Å². The fourth-order valence-electron chi connectivity index (χ4n) is 12.9. The third-order valence-corrected chi connectivity index (χ3v) is 16.6. The van der Waals surface area contributed by atoms with Crippen LogP contribution in [0, 0.1) is 0 Å². The van der Waals surface area contributed by atoms with Gasteiger partial charge in [-0.3, -0.25) is 4.57 Å². The highest BCUT2D eigenvalue weighted by Gasteiger charge is 2.26. The van der Waals surface area contributed by atoms with Gasteiger partial charge in [-0.2, -0.15) is 9.97 Å². The van der Waals surface area contributed by atoms with Crippen LogP contribution in [0.1, 0.15) is 0 Å². The van der Waals surface area contributed by atoms with E-state index in [2.05, 4.69) is 279 Å². The minimum atomic E-state index is 0.523. The van der Waals surface area contributed by atoms with Crippen molar-refractivity contribution < 1.29 is 0 Å². The molecule has 0 saturated carbocycles. The molecule has 0 aliphatic heterocycles. The largest absolute Gasteiger partial charge is 0.309 e. The number of hydrogen-bond donors (Lipinski definition) is 0. The van der Waals surface area contributed by atoms with Crippen molar-refractivity contribution in [2.24, 2.45) is 0 Å². The third kappa shape index (κ3) is 7.06. The van der Waals surface area contributed by atoms with Crippen LogP contribution >= 0.6 is 0 Å². The number of aromatic nitrogens is 7. The molecule has 0 amide bonds. The van der Waals surface area contributed by atoms with E-state index in [1.54, 1.807) is 0 Å². The Kier molecular flexibility index (Phi) is 10.2. The maximum absolute atomic E-state index is 5.57. The lowest BCUT2D eigenvalue weighted by atomic mass is 10.0. The molecule has 0 aliphatic carbocycles. The summed E-state index contributed by atoms with van der Waals surface area (Å²) in [5.74, 6) is 1.69. The first kappa shape index (κ1) is 45.8. The third-order valence-electron chi connectivity index (χ3n) is 16.6. The van der Waals surface area contributed by atoms with Crippen LogP contribution in [0.4, 0.5) is 0 Å². The Labute approximate surface area is 471 Å². The minimum absolute atomic E-state index is 0.523. The normalized spacial score (nSPS) is 11.9. The Hall–Kier alpha value is -11.2. The van der Waals surface area contributed by atoms with Crippen molar-refractivity contribution in [1.29, 1.82) is 0 Å². The van der Waals surface area contributed by atoms with Crippen LogP contribution in [0.15, 0.2) is 285 Å². The number of hydrogen-bond acceptors (Lipinski definition) is 3. The highest BCUT2D eigenvalue weighted by Crippen LogP contribution is 2.45. The molecule has 7 nitrogen and oxygen atoms in total. The molecule has 0 atom stereocenters. The van der Waals surface area contributed by atoms with Gasteiger partial charge in [0.15, 0.2) is 11.6 Å². The van der Waals surface area contributed by atoms with Crippen LogP contribution in [0.25, 0.3) is 155 Å². The maximum atomic E-state index is 5.57. The quantitative estimate of drug-likeness (QED) is 0.152. The molecule has 0 unspecified atom stereocenters. The number of para-hydroxylation sites is 4. The van der Waals surface area contributed by atoms with E-state index in [0.29, 0.717) is 17.6 Å². The molecule has 17 rings (SSSR count). The van der Waals surface area contributed by atoms with Gasteiger partial charge in [-0.15, -0.1) is 0 Å². The van der Waals surface area contributed by atoms with Gasteiger partial charge in [0.05, 0.1) is 44.1 Å². The van der Waals surface area contributed by atoms with Crippen LogP contribution in [0.3, 0.4) is 0 Å². The van der Waals surface area contributed by atoms with Gasteiger partial charge in [0.1, 0.15) is 0 Å². The molecule has 12 aromatic carbocycles. The topological polar surface area (TPSA) is 58.4 Å². The first-order valence-electron chi connectivity index (χ1n) is 27.8. The van der Waals surface area contributed by atoms with E-state index in [0.717, 1.165) is 99.5 Å². The van der Waals surface area contributed by atoms with Gasteiger partial charge in [-0.25, -0.2) is 4.98 Å². The van der Waals surface area contributed by atoms with Crippen LogP contribution in [-0.4, -0.2) is 33.2 Å². The molecule has 382 valence electrons. The predicted molar refractivity (Wildman–Crippen MR) is 339 cm³/mol. The second-order valence-corrected chi connectivity index (χ2v) is 21.2. The molecule has 0 aliphatic rings. The Morgan fingerprint density at radius 1 is 0.195 bits per heavy atom. The first-order chi connectivity index (χ1) is 40.7. The van der Waals surface area contributed by atoms with Crippen LogP contribution in [0.5, 0.6) is 0 Å². The van der Waals surface area contributed by atoms with E-state index in [4.69, 9.17) is 15.0 Å². The van der Waals surface area contributed by atoms with Crippen molar-refractivity contribution in [3.8, 4) is 68.0 Å². The molecular weight excluding hydrogens is 999 g/mol. The molecule has 7 heteroatoms. The summed E-state index contributed by atoms with van der Waals surface area (Å²) in [6, 6.07) is 102. The Morgan fingerprint density at radius 3 is 0.963 bits per heavy atom. The standard InChI is InChI=1S/C75H47N7/c1-4-18-48(19-5-1)50-32-34-53(35-33-50)74-76-73(52-22-8-3-9-23-52)77-75(78-74)82-70-45-41-56(80-67-30-16-12-26-59(67)60-27-13-17-31-68(60)80)47-64(70)62-43-42-61-63-46-55(79-65-28-14-10-24-57(65)58-25-11-15-29-66(58)79)40-44-69(63)81(71(61)72(62)82)54-38-36-51(37-39-54)49-20-6-2-7-21-49/h1-47H. The van der Waals surface area contributed by atoms with Crippen LogP contribution < -0.4 is 0 Å². The second kappa shape index (κ2) is 18.2. The van der Waals surface area contributed by atoms with Crippen molar-refractivity contribution in [2.45, 2.75) is 0 Å². The molecular formula is C75H47N7. The van der Waals surface area contributed by atoms with Crippen molar-refractivity contribution in [3.63, 3.8) is 0 Å². The highest BCUT2D eigenvalue weighted by molar-refractivity contribution is 6.24. The highest BCUT2D eigenvalue weighted by atomic mass is 15.2. The molecule has 0 fully saturated rings. The van der Waals surface area contributed by atoms with Gasteiger partial charge in [0.2, 0.25) is 5.95 Å². The molecule has 0 bridgehead atoms. The van der Waals surface area contributed by atoms with Gasteiger partial charge in [-0.05, 0) is 95.1 Å². The summed E-state index contributed by atoms with van der Waals surface area (Å²) in [7, 11) is 0. The van der Waals surface area contributed by atoms with Gasteiger partial charge >= 0.3 is 0 Å². The van der Waals surface area contributed by atoms with E-state index < -0.39 is 0 Å². The molecule has 5 aromatic heterocycles. The summed E-state index contributed by atoms with van der Waals surface area (Å²) in [6.07, 6.45) is 0. The summed E-state index contributed by atoms with van der Waals surface area (Å²) < 4.78 is 9.59. The maximum Gasteiger partial charge on any atom is 0.238 e. The smallest absolute Gasteiger partial charge is 0.238 e. The van der Waals surface area contributed by atoms with Gasteiger partial charge < -0.3 is 13.7 Å². The van der Waals surface area contributed by atoms with Crippen molar-refractivity contribution >= 4 is 87.2 Å². The van der Waals surface area contributed by atoms with Gasteiger partial charge in [0.25, 0.3) is 0 Å². The Bertz CT molecular complexity index is 5250.